The molecule has 0 aliphatic heterocycles. The van der Waals surface area contributed by atoms with Crippen molar-refractivity contribution in [2.75, 3.05) is 11.1 Å². The number of hydrogen-bond acceptors (Lipinski definition) is 6. The van der Waals surface area contributed by atoms with Gasteiger partial charge in [-0.15, -0.1) is 10.2 Å². The van der Waals surface area contributed by atoms with Gasteiger partial charge >= 0.3 is 0 Å². The van der Waals surface area contributed by atoms with Gasteiger partial charge in [-0.05, 0) is 77.9 Å². The van der Waals surface area contributed by atoms with Crippen molar-refractivity contribution in [3.63, 3.8) is 0 Å². The second kappa shape index (κ2) is 9.23. The lowest BCUT2D eigenvalue weighted by atomic mass is 10.1. The van der Waals surface area contributed by atoms with Gasteiger partial charge in [-0.1, -0.05) is 23.9 Å². The summed E-state index contributed by atoms with van der Waals surface area (Å²) >= 11 is 3.41. The number of nitrogens with one attached hydrogen (secondary N) is 1. The molecule has 1 heterocycles. The zero-order chi connectivity index (χ0) is 19.2. The fourth-order valence-electron chi connectivity index (χ4n) is 2.23. The summed E-state index contributed by atoms with van der Waals surface area (Å²) in [6.07, 6.45) is 0. The standard InChI is InChI=1S/C19H18IN3O3S/c1-12-4-3-5-16(13(12)2)25-10-18-22-23-19(26-18)27-11-17(24)21-15-8-6-14(20)7-9-15/h3-9H,10-11H2,1-2H3,(H,21,24). The predicted octanol–water partition coefficient (Wildman–Crippen LogP) is 4.60. The van der Waals surface area contributed by atoms with Crippen molar-refractivity contribution in [1.29, 1.82) is 0 Å². The van der Waals surface area contributed by atoms with Crippen LogP contribution >= 0.6 is 34.4 Å². The molecule has 6 nitrogen and oxygen atoms in total. The second-order valence-electron chi connectivity index (χ2n) is 5.79. The molecule has 0 bridgehead atoms. The Morgan fingerprint density at radius 2 is 1.96 bits per heavy atom. The highest BCUT2D eigenvalue weighted by Gasteiger charge is 2.11. The van der Waals surface area contributed by atoms with Gasteiger partial charge in [0, 0.05) is 9.26 Å². The molecule has 0 atom stereocenters. The number of anilines is 1. The maximum Gasteiger partial charge on any atom is 0.277 e. The summed E-state index contributed by atoms with van der Waals surface area (Å²) in [5, 5.41) is 11.1. The second-order valence-corrected chi connectivity index (χ2v) is 7.96. The van der Waals surface area contributed by atoms with Crippen LogP contribution in [-0.2, 0) is 11.4 Å². The molecular weight excluding hydrogens is 477 g/mol. The van der Waals surface area contributed by atoms with E-state index in [2.05, 4.69) is 38.1 Å². The lowest BCUT2D eigenvalue weighted by Gasteiger charge is -2.08. The Hall–Kier alpha value is -2.07. The fourth-order valence-corrected chi connectivity index (χ4v) is 3.17. The van der Waals surface area contributed by atoms with E-state index >= 15 is 0 Å². The van der Waals surface area contributed by atoms with E-state index in [-0.39, 0.29) is 18.3 Å². The number of thioether (sulfide) groups is 1. The summed E-state index contributed by atoms with van der Waals surface area (Å²) in [4.78, 5) is 12.0. The molecule has 0 aliphatic carbocycles. The Bertz CT molecular complexity index is 928. The van der Waals surface area contributed by atoms with Crippen LogP contribution in [0.5, 0.6) is 5.75 Å². The monoisotopic (exact) mass is 495 g/mol. The summed E-state index contributed by atoms with van der Waals surface area (Å²) in [7, 11) is 0. The minimum Gasteiger partial charge on any atom is -0.484 e. The van der Waals surface area contributed by atoms with E-state index in [0.29, 0.717) is 11.1 Å². The van der Waals surface area contributed by atoms with Crippen LogP contribution in [0.4, 0.5) is 5.69 Å². The number of amides is 1. The van der Waals surface area contributed by atoms with Crippen molar-refractivity contribution >= 4 is 45.9 Å². The maximum absolute atomic E-state index is 12.0. The highest BCUT2D eigenvalue weighted by atomic mass is 127. The number of rotatable bonds is 7. The van der Waals surface area contributed by atoms with Crippen molar-refractivity contribution in [2.45, 2.75) is 25.7 Å². The number of halogens is 1. The Balaban J connectivity index is 1.48. The molecule has 8 heteroatoms. The molecule has 27 heavy (non-hydrogen) atoms. The quantitative estimate of drug-likeness (QED) is 0.382. The van der Waals surface area contributed by atoms with E-state index in [1.165, 1.54) is 11.8 Å². The molecule has 3 rings (SSSR count). The van der Waals surface area contributed by atoms with Gasteiger partial charge in [-0.25, -0.2) is 0 Å². The summed E-state index contributed by atoms with van der Waals surface area (Å²) in [6.45, 7) is 4.23. The van der Waals surface area contributed by atoms with Gasteiger partial charge in [-0.3, -0.25) is 4.79 Å². The molecule has 140 valence electrons. The molecule has 1 N–H and O–H groups in total. The zero-order valence-corrected chi connectivity index (χ0v) is 17.8. The Kier molecular flexibility index (Phi) is 6.73. The van der Waals surface area contributed by atoms with Crippen LogP contribution in [0.2, 0.25) is 0 Å². The molecule has 0 fully saturated rings. The van der Waals surface area contributed by atoms with Crippen molar-refractivity contribution in [3.05, 3.63) is 63.1 Å². The van der Waals surface area contributed by atoms with Gasteiger partial charge in [-0.2, -0.15) is 0 Å². The van der Waals surface area contributed by atoms with Crippen LogP contribution in [-0.4, -0.2) is 21.9 Å². The van der Waals surface area contributed by atoms with Crippen molar-refractivity contribution in [2.24, 2.45) is 0 Å². The van der Waals surface area contributed by atoms with Gasteiger partial charge in [0.05, 0.1) is 5.75 Å². The molecule has 0 saturated heterocycles. The van der Waals surface area contributed by atoms with E-state index in [4.69, 9.17) is 9.15 Å². The van der Waals surface area contributed by atoms with Crippen LogP contribution in [0.15, 0.2) is 52.1 Å². The molecule has 1 amide bonds. The highest BCUT2D eigenvalue weighted by Crippen LogP contribution is 2.22. The first-order valence-corrected chi connectivity index (χ1v) is 10.3. The van der Waals surface area contributed by atoms with Crippen LogP contribution in [0.3, 0.4) is 0 Å². The third-order valence-corrected chi connectivity index (χ3v) is 5.35. The largest absolute Gasteiger partial charge is 0.484 e. The molecule has 2 aromatic carbocycles. The predicted molar refractivity (Wildman–Crippen MR) is 113 cm³/mol. The number of hydrogen-bond donors (Lipinski definition) is 1. The fraction of sp³-hybridized carbons (Fsp3) is 0.211. The third kappa shape index (κ3) is 5.70. The minimum absolute atomic E-state index is 0.132. The van der Waals surface area contributed by atoms with Crippen molar-refractivity contribution in [1.82, 2.24) is 10.2 Å². The minimum atomic E-state index is -0.132. The SMILES string of the molecule is Cc1cccc(OCc2nnc(SCC(=O)Nc3ccc(I)cc3)o2)c1C. The first-order chi connectivity index (χ1) is 13.0. The van der Waals surface area contributed by atoms with E-state index in [9.17, 15) is 4.79 Å². The number of aryl methyl sites for hydroxylation is 1. The summed E-state index contributed by atoms with van der Waals surface area (Å²) in [5.74, 6) is 1.22. The van der Waals surface area contributed by atoms with Crippen LogP contribution in [0.1, 0.15) is 17.0 Å². The topological polar surface area (TPSA) is 77.2 Å². The Morgan fingerprint density at radius 3 is 2.74 bits per heavy atom. The van der Waals surface area contributed by atoms with Gasteiger partial charge in [0.25, 0.3) is 11.1 Å². The van der Waals surface area contributed by atoms with Gasteiger partial charge in [0.15, 0.2) is 6.61 Å². The van der Waals surface area contributed by atoms with E-state index in [0.717, 1.165) is 26.1 Å². The summed E-state index contributed by atoms with van der Waals surface area (Å²) < 4.78 is 12.4. The number of carbonyl (C=O) groups is 1. The average Bonchev–Trinajstić information content (AvgIpc) is 3.11. The molecule has 0 radical (unpaired) electrons. The number of nitrogens with zero attached hydrogens (tertiary/aromatic N) is 2. The number of benzene rings is 2. The highest BCUT2D eigenvalue weighted by molar-refractivity contribution is 14.1. The van der Waals surface area contributed by atoms with E-state index < -0.39 is 0 Å². The first kappa shape index (κ1) is 19.7. The summed E-state index contributed by atoms with van der Waals surface area (Å²) in [6, 6.07) is 13.5. The van der Waals surface area contributed by atoms with Gasteiger partial charge in [0.2, 0.25) is 5.91 Å². The number of carbonyl (C=O) groups excluding carboxylic acids is 1. The van der Waals surface area contributed by atoms with Crippen molar-refractivity contribution < 1.29 is 13.9 Å². The molecule has 3 aromatic rings. The first-order valence-electron chi connectivity index (χ1n) is 8.21. The average molecular weight is 495 g/mol. The molecular formula is C19H18IN3O3S. The summed E-state index contributed by atoms with van der Waals surface area (Å²) in [5.41, 5.74) is 3.00. The lowest BCUT2D eigenvalue weighted by Crippen LogP contribution is -2.13. The Morgan fingerprint density at radius 1 is 1.19 bits per heavy atom. The molecule has 1 aromatic heterocycles. The lowest BCUT2D eigenvalue weighted by molar-refractivity contribution is -0.113. The maximum atomic E-state index is 12.0. The normalized spacial score (nSPS) is 10.6. The molecule has 0 aliphatic rings. The smallest absolute Gasteiger partial charge is 0.277 e. The van der Waals surface area contributed by atoms with Crippen molar-refractivity contribution in [3.8, 4) is 5.75 Å². The zero-order valence-electron chi connectivity index (χ0n) is 14.9. The van der Waals surface area contributed by atoms with Crippen LogP contribution in [0, 0.1) is 17.4 Å². The molecule has 0 saturated carbocycles. The number of aromatic nitrogens is 2. The van der Waals surface area contributed by atoms with E-state index in [1.807, 2.05) is 56.3 Å². The van der Waals surface area contributed by atoms with Gasteiger partial charge < -0.3 is 14.5 Å². The Labute approximate surface area is 175 Å². The number of ether oxygens (including phenoxy) is 1. The molecule has 0 unspecified atom stereocenters. The van der Waals surface area contributed by atoms with Crippen LogP contribution in [0.25, 0.3) is 0 Å². The van der Waals surface area contributed by atoms with E-state index in [1.54, 1.807) is 0 Å². The molecule has 0 spiro atoms. The van der Waals surface area contributed by atoms with Gasteiger partial charge in [0.1, 0.15) is 5.75 Å². The van der Waals surface area contributed by atoms with Crippen LogP contribution < -0.4 is 10.1 Å². The third-order valence-electron chi connectivity index (χ3n) is 3.81.